The highest BCUT2D eigenvalue weighted by Crippen LogP contribution is 2.29. The highest BCUT2D eigenvalue weighted by Gasteiger charge is 2.33. The van der Waals surface area contributed by atoms with Crippen LogP contribution in [-0.2, 0) is 11.2 Å². The first-order valence-electron chi connectivity index (χ1n) is 12.4. The molecule has 1 unspecified atom stereocenters. The van der Waals surface area contributed by atoms with Gasteiger partial charge in [0.05, 0.1) is 0 Å². The fourth-order valence-corrected chi connectivity index (χ4v) is 5.73. The van der Waals surface area contributed by atoms with Crippen LogP contribution >= 0.6 is 23.1 Å². The molecule has 1 N–H and O–H groups in total. The van der Waals surface area contributed by atoms with Gasteiger partial charge in [0.1, 0.15) is 11.9 Å². The molecule has 1 atom stereocenters. The van der Waals surface area contributed by atoms with Gasteiger partial charge in [-0.25, -0.2) is 4.98 Å². The number of anilines is 1. The standard InChI is InChI=1S/C29H29ClN4OS/c30-24-15-13-21(14-16-24)20-27-32-29(36-33-27)34-19-7-12-26(34)28(35)31-18-17-25(22-8-3-1-4-9-22)23-10-5-2-6-11-23/h1-6,8-11,13-16,25-26H,7,12,17-20H2,(H,31,35). The van der Waals surface area contributed by atoms with Gasteiger partial charge in [0.25, 0.3) is 0 Å². The van der Waals surface area contributed by atoms with Crippen molar-refractivity contribution >= 4 is 34.2 Å². The van der Waals surface area contributed by atoms with E-state index in [0.29, 0.717) is 13.0 Å². The Bertz CT molecular complexity index is 1220. The minimum Gasteiger partial charge on any atom is -0.354 e. The Morgan fingerprint density at radius 1 is 1.00 bits per heavy atom. The average molecular weight is 517 g/mol. The lowest BCUT2D eigenvalue weighted by Crippen LogP contribution is -2.43. The van der Waals surface area contributed by atoms with Gasteiger partial charge in [-0.3, -0.25) is 4.79 Å². The molecule has 0 radical (unpaired) electrons. The molecule has 36 heavy (non-hydrogen) atoms. The van der Waals surface area contributed by atoms with Gasteiger partial charge in [-0.15, -0.1) is 0 Å². The maximum Gasteiger partial charge on any atom is 0.242 e. The van der Waals surface area contributed by atoms with Gasteiger partial charge in [-0.2, -0.15) is 4.37 Å². The summed E-state index contributed by atoms with van der Waals surface area (Å²) in [6.07, 6.45) is 3.30. The molecule has 0 spiro atoms. The highest BCUT2D eigenvalue weighted by atomic mass is 35.5. The van der Waals surface area contributed by atoms with E-state index >= 15 is 0 Å². The van der Waals surface area contributed by atoms with Crippen molar-refractivity contribution in [1.29, 1.82) is 0 Å². The Morgan fingerprint density at radius 2 is 1.67 bits per heavy atom. The Hall–Kier alpha value is -3.22. The third-order valence-corrected chi connectivity index (χ3v) is 7.71. The average Bonchev–Trinajstić information content (AvgIpc) is 3.59. The summed E-state index contributed by atoms with van der Waals surface area (Å²) in [5.74, 6) is 1.09. The third-order valence-electron chi connectivity index (χ3n) is 6.67. The van der Waals surface area contributed by atoms with E-state index in [-0.39, 0.29) is 17.9 Å². The molecule has 7 heteroatoms. The largest absolute Gasteiger partial charge is 0.354 e. The second kappa shape index (κ2) is 11.7. The van der Waals surface area contributed by atoms with E-state index in [2.05, 4.69) is 63.1 Å². The van der Waals surface area contributed by atoms with Crippen LogP contribution in [0.3, 0.4) is 0 Å². The number of hydrogen-bond acceptors (Lipinski definition) is 5. The first-order chi connectivity index (χ1) is 17.7. The molecule has 1 saturated heterocycles. The number of nitrogens with zero attached hydrogens (tertiary/aromatic N) is 3. The molecular weight excluding hydrogens is 488 g/mol. The summed E-state index contributed by atoms with van der Waals surface area (Å²) < 4.78 is 4.55. The highest BCUT2D eigenvalue weighted by molar-refractivity contribution is 7.09. The Labute approximate surface area is 221 Å². The predicted octanol–water partition coefficient (Wildman–Crippen LogP) is 6.09. The van der Waals surface area contributed by atoms with Gasteiger partial charge in [0.2, 0.25) is 11.0 Å². The molecule has 0 bridgehead atoms. The molecule has 1 aromatic heterocycles. The fourth-order valence-electron chi connectivity index (χ4n) is 4.84. The Morgan fingerprint density at radius 3 is 2.33 bits per heavy atom. The van der Waals surface area contributed by atoms with E-state index < -0.39 is 0 Å². The van der Waals surface area contributed by atoms with E-state index in [1.165, 1.54) is 22.7 Å². The summed E-state index contributed by atoms with van der Waals surface area (Å²) in [7, 11) is 0. The molecule has 0 aliphatic carbocycles. The lowest BCUT2D eigenvalue weighted by Gasteiger charge is -2.23. The van der Waals surface area contributed by atoms with Crippen molar-refractivity contribution in [1.82, 2.24) is 14.7 Å². The van der Waals surface area contributed by atoms with Gasteiger partial charge >= 0.3 is 0 Å². The van der Waals surface area contributed by atoms with Crippen LogP contribution in [0.1, 0.15) is 47.7 Å². The number of carbonyl (C=O) groups excluding carboxylic acids is 1. The molecular formula is C29H29ClN4OS. The predicted molar refractivity (Wildman–Crippen MR) is 147 cm³/mol. The number of hydrogen-bond donors (Lipinski definition) is 1. The van der Waals surface area contributed by atoms with Gasteiger partial charge < -0.3 is 10.2 Å². The minimum atomic E-state index is -0.201. The zero-order valence-electron chi connectivity index (χ0n) is 20.0. The lowest BCUT2D eigenvalue weighted by molar-refractivity contribution is -0.122. The van der Waals surface area contributed by atoms with Crippen molar-refractivity contribution in [3.63, 3.8) is 0 Å². The number of aromatic nitrogens is 2. The smallest absolute Gasteiger partial charge is 0.242 e. The normalized spacial score (nSPS) is 15.4. The van der Waals surface area contributed by atoms with Crippen molar-refractivity contribution in [2.24, 2.45) is 0 Å². The summed E-state index contributed by atoms with van der Waals surface area (Å²) in [6, 6.07) is 28.6. The second-order valence-corrected chi connectivity index (χ2v) is 10.3. The van der Waals surface area contributed by atoms with E-state index in [0.717, 1.165) is 47.3 Å². The fraction of sp³-hybridized carbons (Fsp3) is 0.276. The monoisotopic (exact) mass is 516 g/mol. The third kappa shape index (κ3) is 5.94. The maximum absolute atomic E-state index is 13.2. The minimum absolute atomic E-state index is 0.0711. The van der Waals surface area contributed by atoms with Gasteiger partial charge in [0.15, 0.2) is 0 Å². The number of carbonyl (C=O) groups is 1. The molecule has 5 rings (SSSR count). The molecule has 184 valence electrons. The molecule has 0 saturated carbocycles. The molecule has 3 aromatic carbocycles. The van der Waals surface area contributed by atoms with Crippen molar-refractivity contribution < 1.29 is 4.79 Å². The van der Waals surface area contributed by atoms with E-state index in [1.54, 1.807) is 0 Å². The SMILES string of the molecule is O=C(NCCC(c1ccccc1)c1ccccc1)C1CCCN1c1nc(Cc2ccc(Cl)cc2)ns1. The lowest BCUT2D eigenvalue weighted by atomic mass is 9.88. The van der Waals surface area contributed by atoms with Crippen LogP contribution in [-0.4, -0.2) is 34.4 Å². The molecule has 2 heterocycles. The quantitative estimate of drug-likeness (QED) is 0.292. The first-order valence-corrected chi connectivity index (χ1v) is 13.5. The van der Waals surface area contributed by atoms with Gasteiger partial charge in [-0.05, 0) is 48.1 Å². The summed E-state index contributed by atoms with van der Waals surface area (Å²) in [4.78, 5) is 20.1. The molecule has 5 nitrogen and oxygen atoms in total. The van der Waals surface area contributed by atoms with Crippen LogP contribution in [0, 0.1) is 0 Å². The zero-order valence-corrected chi connectivity index (χ0v) is 21.6. The summed E-state index contributed by atoms with van der Waals surface area (Å²) >= 11 is 7.36. The zero-order chi connectivity index (χ0) is 24.7. The van der Waals surface area contributed by atoms with Gasteiger partial charge in [-0.1, -0.05) is 84.4 Å². The summed E-state index contributed by atoms with van der Waals surface area (Å²) in [5, 5.41) is 4.75. The summed E-state index contributed by atoms with van der Waals surface area (Å²) in [5.41, 5.74) is 3.65. The first kappa shape index (κ1) is 24.5. The van der Waals surface area contributed by atoms with Crippen LogP contribution in [0.15, 0.2) is 84.9 Å². The number of halogens is 1. The van der Waals surface area contributed by atoms with Crippen LogP contribution in [0.4, 0.5) is 5.13 Å². The van der Waals surface area contributed by atoms with Crippen LogP contribution in [0.25, 0.3) is 0 Å². The molecule has 1 amide bonds. The van der Waals surface area contributed by atoms with E-state index in [9.17, 15) is 4.79 Å². The Kier molecular flexibility index (Phi) is 7.94. The second-order valence-electron chi connectivity index (χ2n) is 9.10. The molecule has 4 aromatic rings. The number of rotatable bonds is 9. The van der Waals surface area contributed by atoms with E-state index in [4.69, 9.17) is 16.6 Å². The number of amides is 1. The van der Waals surface area contributed by atoms with E-state index in [1.807, 2.05) is 36.4 Å². The molecule has 1 aliphatic rings. The van der Waals surface area contributed by atoms with Crippen LogP contribution in [0.2, 0.25) is 5.02 Å². The van der Waals surface area contributed by atoms with Gasteiger partial charge in [0, 0.05) is 42.0 Å². The van der Waals surface area contributed by atoms with Crippen molar-refractivity contribution in [2.45, 2.75) is 37.6 Å². The van der Waals surface area contributed by atoms with Crippen molar-refractivity contribution in [2.75, 3.05) is 18.0 Å². The summed E-state index contributed by atoms with van der Waals surface area (Å²) in [6.45, 7) is 1.44. The number of nitrogens with one attached hydrogen (secondary N) is 1. The Balaban J connectivity index is 1.20. The molecule has 1 aliphatic heterocycles. The molecule has 1 fully saturated rings. The van der Waals surface area contributed by atoms with Crippen molar-refractivity contribution in [3.8, 4) is 0 Å². The van der Waals surface area contributed by atoms with Crippen LogP contribution in [0.5, 0.6) is 0 Å². The topological polar surface area (TPSA) is 58.1 Å². The maximum atomic E-state index is 13.2. The van der Waals surface area contributed by atoms with Crippen LogP contribution < -0.4 is 10.2 Å². The van der Waals surface area contributed by atoms with Crippen molar-refractivity contribution in [3.05, 3.63) is 112 Å². The number of benzene rings is 3.